The zero-order chi connectivity index (χ0) is 19.7. The van der Waals surface area contributed by atoms with E-state index in [1.807, 2.05) is 31.2 Å². The molecule has 4 rings (SSSR count). The highest BCUT2D eigenvalue weighted by Crippen LogP contribution is 2.29. The molecule has 10 heteroatoms. The zero-order valence-electron chi connectivity index (χ0n) is 15.6. The van der Waals surface area contributed by atoms with Gasteiger partial charge in [0, 0.05) is 32.3 Å². The average molecular weight is 403 g/mol. The van der Waals surface area contributed by atoms with E-state index < -0.39 is 10.0 Å². The molecule has 0 aliphatic carbocycles. The van der Waals surface area contributed by atoms with Crippen molar-refractivity contribution in [2.75, 3.05) is 13.1 Å². The molecule has 0 radical (unpaired) electrons. The van der Waals surface area contributed by atoms with Gasteiger partial charge in [0.25, 0.3) is 15.9 Å². The van der Waals surface area contributed by atoms with Crippen molar-refractivity contribution in [1.29, 1.82) is 0 Å². The number of nitrogens with zero attached hydrogens (tertiary/aromatic N) is 5. The first-order valence-corrected chi connectivity index (χ1v) is 10.4. The summed E-state index contributed by atoms with van der Waals surface area (Å²) in [5.41, 5.74) is 1.15. The van der Waals surface area contributed by atoms with Crippen LogP contribution in [-0.4, -0.2) is 45.5 Å². The van der Waals surface area contributed by atoms with Gasteiger partial charge in [-0.25, -0.2) is 13.4 Å². The summed E-state index contributed by atoms with van der Waals surface area (Å²) in [4.78, 5) is 8.33. The standard InChI is InChI=1S/C18H21N5O4S/c1-13-3-5-15(6-4-13)26-11-16-20-18(21-27-16)14-7-8-23(9-14)28(24,25)17-10-22(2)12-19-17/h3-6,10,12,14H,7-9,11H2,1-2H3. The van der Waals surface area contributed by atoms with Crippen LogP contribution >= 0.6 is 0 Å². The fourth-order valence-corrected chi connectivity index (χ4v) is 4.55. The first kappa shape index (κ1) is 18.6. The molecular formula is C18H21N5O4S. The van der Waals surface area contributed by atoms with Gasteiger partial charge in [0.2, 0.25) is 0 Å². The molecule has 1 unspecified atom stereocenters. The van der Waals surface area contributed by atoms with Gasteiger partial charge in [-0.1, -0.05) is 22.9 Å². The molecule has 0 saturated carbocycles. The average Bonchev–Trinajstić information content (AvgIpc) is 3.41. The van der Waals surface area contributed by atoms with Crippen molar-refractivity contribution < 1.29 is 17.7 Å². The third-order valence-electron chi connectivity index (χ3n) is 4.67. The number of rotatable bonds is 6. The summed E-state index contributed by atoms with van der Waals surface area (Å²) >= 11 is 0. The molecule has 1 aromatic carbocycles. The molecule has 1 atom stereocenters. The summed E-state index contributed by atoms with van der Waals surface area (Å²) in [7, 11) is -1.88. The Morgan fingerprint density at radius 2 is 2.07 bits per heavy atom. The fraction of sp³-hybridized carbons (Fsp3) is 0.389. The highest BCUT2D eigenvalue weighted by molar-refractivity contribution is 7.89. The third kappa shape index (κ3) is 3.78. The molecule has 0 N–H and O–H groups in total. The highest BCUT2D eigenvalue weighted by Gasteiger charge is 2.36. The molecule has 1 aliphatic heterocycles. The van der Waals surface area contributed by atoms with Gasteiger partial charge in [0.15, 0.2) is 17.5 Å². The molecule has 1 saturated heterocycles. The smallest absolute Gasteiger partial charge is 0.264 e. The second-order valence-electron chi connectivity index (χ2n) is 6.87. The van der Waals surface area contributed by atoms with Crippen LogP contribution in [-0.2, 0) is 23.7 Å². The van der Waals surface area contributed by atoms with Crippen molar-refractivity contribution in [2.24, 2.45) is 7.05 Å². The Bertz CT molecular complexity index is 1060. The summed E-state index contributed by atoms with van der Waals surface area (Å²) in [6.07, 6.45) is 3.60. The maximum Gasteiger partial charge on any atom is 0.264 e. The van der Waals surface area contributed by atoms with Crippen molar-refractivity contribution in [3.05, 3.63) is 54.1 Å². The minimum Gasteiger partial charge on any atom is -0.484 e. The fourth-order valence-electron chi connectivity index (χ4n) is 3.08. The van der Waals surface area contributed by atoms with E-state index in [9.17, 15) is 8.42 Å². The molecule has 0 bridgehead atoms. The first-order valence-electron chi connectivity index (χ1n) is 8.92. The Morgan fingerprint density at radius 3 is 2.79 bits per heavy atom. The number of sulfonamides is 1. The van der Waals surface area contributed by atoms with Crippen LogP contribution in [0.1, 0.15) is 29.6 Å². The van der Waals surface area contributed by atoms with E-state index in [1.54, 1.807) is 11.6 Å². The lowest BCUT2D eigenvalue weighted by atomic mass is 10.1. The largest absolute Gasteiger partial charge is 0.484 e. The lowest BCUT2D eigenvalue weighted by Gasteiger charge is -2.13. The van der Waals surface area contributed by atoms with Crippen LogP contribution in [0.4, 0.5) is 0 Å². The summed E-state index contributed by atoms with van der Waals surface area (Å²) in [6.45, 7) is 2.87. The Hall–Kier alpha value is -2.72. The number of benzene rings is 1. The van der Waals surface area contributed by atoms with Crippen molar-refractivity contribution >= 4 is 10.0 Å². The monoisotopic (exact) mass is 403 g/mol. The lowest BCUT2D eigenvalue weighted by molar-refractivity contribution is 0.242. The molecule has 148 valence electrons. The van der Waals surface area contributed by atoms with Crippen molar-refractivity contribution in [1.82, 2.24) is 24.0 Å². The Kier molecular flexibility index (Phi) is 4.90. The van der Waals surface area contributed by atoms with Crippen LogP contribution in [0.3, 0.4) is 0 Å². The number of imidazole rings is 1. The summed E-state index contributed by atoms with van der Waals surface area (Å²) < 4.78 is 39.3. The molecule has 0 amide bonds. The van der Waals surface area contributed by atoms with E-state index in [1.165, 1.54) is 16.8 Å². The zero-order valence-corrected chi connectivity index (χ0v) is 16.5. The number of aryl methyl sites for hydroxylation is 2. The van der Waals surface area contributed by atoms with Gasteiger partial charge in [-0.2, -0.15) is 9.29 Å². The molecule has 1 aliphatic rings. The normalized spacial score (nSPS) is 17.9. The van der Waals surface area contributed by atoms with E-state index in [0.29, 0.717) is 31.2 Å². The highest BCUT2D eigenvalue weighted by atomic mass is 32.2. The van der Waals surface area contributed by atoms with Crippen molar-refractivity contribution in [2.45, 2.75) is 30.9 Å². The van der Waals surface area contributed by atoms with Gasteiger partial charge in [0.1, 0.15) is 5.75 Å². The minimum absolute atomic E-state index is 0.0518. The molecule has 9 nitrogen and oxygen atoms in total. The molecule has 3 heterocycles. The molecule has 3 aromatic rings. The molecule has 28 heavy (non-hydrogen) atoms. The lowest BCUT2D eigenvalue weighted by Crippen LogP contribution is -2.29. The third-order valence-corrected chi connectivity index (χ3v) is 6.42. The van der Waals surface area contributed by atoms with Gasteiger partial charge in [-0.05, 0) is 25.5 Å². The van der Waals surface area contributed by atoms with E-state index >= 15 is 0 Å². The Labute approximate surface area is 163 Å². The Morgan fingerprint density at radius 1 is 1.29 bits per heavy atom. The summed E-state index contributed by atoms with van der Waals surface area (Å²) in [5, 5.41) is 4.06. The number of hydrogen-bond donors (Lipinski definition) is 0. The van der Waals surface area contributed by atoms with Crippen LogP contribution < -0.4 is 4.74 Å². The van der Waals surface area contributed by atoms with Crippen molar-refractivity contribution in [3.63, 3.8) is 0 Å². The molecule has 0 spiro atoms. The molecule has 1 fully saturated rings. The topological polar surface area (TPSA) is 103 Å². The van der Waals surface area contributed by atoms with Crippen LogP contribution in [0, 0.1) is 6.92 Å². The second kappa shape index (κ2) is 7.36. The SMILES string of the molecule is Cc1ccc(OCc2nc(C3CCN(S(=O)(=O)c4cn(C)cn4)C3)no2)cc1. The van der Waals surface area contributed by atoms with Gasteiger partial charge in [0.05, 0.1) is 6.33 Å². The van der Waals surface area contributed by atoms with Gasteiger partial charge < -0.3 is 13.8 Å². The molecule has 2 aromatic heterocycles. The maximum atomic E-state index is 12.7. The Balaban J connectivity index is 1.39. The predicted octanol–water partition coefficient (Wildman–Crippen LogP) is 1.87. The van der Waals surface area contributed by atoms with Crippen molar-refractivity contribution in [3.8, 4) is 5.75 Å². The van der Waals surface area contributed by atoms with Gasteiger partial charge in [-0.3, -0.25) is 0 Å². The summed E-state index contributed by atoms with van der Waals surface area (Å²) in [6, 6.07) is 7.68. The predicted molar refractivity (Wildman–Crippen MR) is 99.1 cm³/mol. The minimum atomic E-state index is -3.61. The summed E-state index contributed by atoms with van der Waals surface area (Å²) in [5.74, 6) is 1.47. The number of aromatic nitrogens is 4. The van der Waals surface area contributed by atoms with Crippen LogP contribution in [0.2, 0.25) is 0 Å². The van der Waals surface area contributed by atoms with Crippen LogP contribution in [0.25, 0.3) is 0 Å². The molecular weight excluding hydrogens is 382 g/mol. The van der Waals surface area contributed by atoms with Gasteiger partial charge in [-0.15, -0.1) is 0 Å². The van der Waals surface area contributed by atoms with E-state index in [0.717, 1.165) is 11.3 Å². The van der Waals surface area contributed by atoms with E-state index in [2.05, 4.69) is 15.1 Å². The number of hydrogen-bond acceptors (Lipinski definition) is 7. The van der Waals surface area contributed by atoms with Gasteiger partial charge >= 0.3 is 0 Å². The maximum absolute atomic E-state index is 12.7. The first-order chi connectivity index (χ1) is 13.4. The number of ether oxygens (including phenoxy) is 1. The van der Waals surface area contributed by atoms with E-state index in [-0.39, 0.29) is 17.6 Å². The quantitative estimate of drug-likeness (QED) is 0.619. The second-order valence-corrected chi connectivity index (χ2v) is 8.76. The van der Waals surface area contributed by atoms with Crippen LogP contribution in [0.5, 0.6) is 5.75 Å². The van der Waals surface area contributed by atoms with Crippen LogP contribution in [0.15, 0.2) is 46.3 Å². The van der Waals surface area contributed by atoms with E-state index in [4.69, 9.17) is 9.26 Å².